The van der Waals surface area contributed by atoms with Crippen LogP contribution in [0, 0.1) is 0 Å². The summed E-state index contributed by atoms with van der Waals surface area (Å²) in [7, 11) is 0. The summed E-state index contributed by atoms with van der Waals surface area (Å²) in [6, 6.07) is 4.16. The quantitative estimate of drug-likeness (QED) is 0.906. The van der Waals surface area contributed by atoms with Gasteiger partial charge in [-0.2, -0.15) is 5.10 Å². The molecule has 1 atom stereocenters. The molecule has 0 fully saturated rings. The highest BCUT2D eigenvalue weighted by Gasteiger charge is 2.28. The number of furan rings is 1. The van der Waals surface area contributed by atoms with Crippen LogP contribution in [-0.4, -0.2) is 32.7 Å². The van der Waals surface area contributed by atoms with Crippen LogP contribution in [0.5, 0.6) is 0 Å². The third kappa shape index (κ3) is 3.34. The summed E-state index contributed by atoms with van der Waals surface area (Å²) in [5.74, 6) is 0.310. The summed E-state index contributed by atoms with van der Waals surface area (Å²) in [4.78, 5) is 27.0. The number of hydrogen-bond donors (Lipinski definition) is 1. The van der Waals surface area contributed by atoms with Crippen molar-refractivity contribution in [3.05, 3.63) is 34.8 Å². The van der Waals surface area contributed by atoms with Gasteiger partial charge in [0.05, 0.1) is 6.26 Å². The third-order valence-corrected chi connectivity index (χ3v) is 3.83. The zero-order chi connectivity index (χ0) is 18.0. The van der Waals surface area contributed by atoms with Gasteiger partial charge in [-0.05, 0) is 52.8 Å². The Morgan fingerprint density at radius 2 is 1.88 bits per heavy atom. The molecule has 0 saturated heterocycles. The summed E-state index contributed by atoms with van der Waals surface area (Å²) in [6.07, 6.45) is 1.51. The first kappa shape index (κ1) is 17.8. The van der Waals surface area contributed by atoms with Crippen molar-refractivity contribution in [2.75, 3.05) is 5.73 Å². The molecule has 24 heavy (non-hydrogen) atoms. The molecule has 2 aromatic rings. The standard InChI is InChI=1S/C17H24N4O3/c1-10(2)20(11(3)4)16(22)12(5)21-17(23)13(18)9-14(19-21)15-7-6-8-24-15/h6-12H,18H2,1-5H3/t12-/m0/s1. The molecule has 130 valence electrons. The first-order valence-corrected chi connectivity index (χ1v) is 7.99. The number of hydrogen-bond acceptors (Lipinski definition) is 5. The van der Waals surface area contributed by atoms with Crippen LogP contribution in [0.4, 0.5) is 5.69 Å². The van der Waals surface area contributed by atoms with Crippen LogP contribution in [0.15, 0.2) is 33.7 Å². The molecule has 0 aromatic carbocycles. The van der Waals surface area contributed by atoms with Gasteiger partial charge in [0.2, 0.25) is 5.91 Å². The molecule has 0 radical (unpaired) electrons. The molecule has 7 heteroatoms. The van der Waals surface area contributed by atoms with Crippen molar-refractivity contribution in [3.63, 3.8) is 0 Å². The van der Waals surface area contributed by atoms with Crippen molar-refractivity contribution in [3.8, 4) is 11.5 Å². The smallest absolute Gasteiger partial charge is 0.290 e. The lowest BCUT2D eigenvalue weighted by Gasteiger charge is -2.33. The van der Waals surface area contributed by atoms with E-state index in [4.69, 9.17) is 10.2 Å². The van der Waals surface area contributed by atoms with Gasteiger partial charge in [0.15, 0.2) is 5.76 Å². The molecule has 0 aliphatic carbocycles. The fraction of sp³-hybridized carbons (Fsp3) is 0.471. The Bertz CT molecular complexity index is 755. The number of rotatable bonds is 5. The van der Waals surface area contributed by atoms with Crippen LogP contribution >= 0.6 is 0 Å². The Morgan fingerprint density at radius 3 is 2.38 bits per heavy atom. The van der Waals surface area contributed by atoms with Gasteiger partial charge in [-0.1, -0.05) is 0 Å². The second kappa shape index (κ2) is 6.90. The van der Waals surface area contributed by atoms with E-state index >= 15 is 0 Å². The number of anilines is 1. The lowest BCUT2D eigenvalue weighted by Crippen LogP contribution is -2.47. The zero-order valence-electron chi connectivity index (χ0n) is 14.7. The van der Waals surface area contributed by atoms with Crippen LogP contribution in [-0.2, 0) is 4.79 Å². The molecule has 0 aliphatic rings. The Morgan fingerprint density at radius 1 is 1.25 bits per heavy atom. The summed E-state index contributed by atoms with van der Waals surface area (Å²) in [6.45, 7) is 9.41. The molecule has 2 rings (SSSR count). The number of carbonyl (C=O) groups excluding carboxylic acids is 1. The van der Waals surface area contributed by atoms with Gasteiger partial charge < -0.3 is 15.1 Å². The van der Waals surface area contributed by atoms with Gasteiger partial charge in [0.1, 0.15) is 17.4 Å². The Labute approximate surface area is 141 Å². The molecule has 2 heterocycles. The van der Waals surface area contributed by atoms with Gasteiger partial charge in [0.25, 0.3) is 5.56 Å². The van der Waals surface area contributed by atoms with Crippen molar-refractivity contribution in [1.82, 2.24) is 14.7 Å². The maximum absolute atomic E-state index is 12.8. The minimum Gasteiger partial charge on any atom is -0.463 e. The third-order valence-electron chi connectivity index (χ3n) is 3.83. The fourth-order valence-corrected chi connectivity index (χ4v) is 2.76. The van der Waals surface area contributed by atoms with Gasteiger partial charge in [-0.15, -0.1) is 0 Å². The van der Waals surface area contributed by atoms with E-state index in [1.165, 1.54) is 12.3 Å². The molecular formula is C17H24N4O3. The van der Waals surface area contributed by atoms with Crippen LogP contribution in [0.25, 0.3) is 11.5 Å². The molecule has 0 unspecified atom stereocenters. The second-order valence-electron chi connectivity index (χ2n) is 6.32. The van der Waals surface area contributed by atoms with E-state index in [1.807, 2.05) is 27.7 Å². The Balaban J connectivity index is 2.47. The SMILES string of the molecule is CC(C)N(C(=O)[C@H](C)n1nc(-c2ccco2)cc(N)c1=O)C(C)C. The van der Waals surface area contributed by atoms with E-state index in [2.05, 4.69) is 5.10 Å². The topological polar surface area (TPSA) is 94.4 Å². The predicted molar refractivity (Wildman–Crippen MR) is 92.4 cm³/mol. The molecule has 0 saturated carbocycles. The van der Waals surface area contributed by atoms with Crippen molar-refractivity contribution in [2.45, 2.75) is 52.7 Å². The van der Waals surface area contributed by atoms with Gasteiger partial charge in [-0.25, -0.2) is 4.68 Å². The lowest BCUT2D eigenvalue weighted by atomic mass is 10.1. The van der Waals surface area contributed by atoms with Crippen LogP contribution < -0.4 is 11.3 Å². The molecule has 0 spiro atoms. The number of carbonyl (C=O) groups is 1. The Kier molecular flexibility index (Phi) is 5.11. The van der Waals surface area contributed by atoms with E-state index in [-0.39, 0.29) is 23.7 Å². The molecule has 0 aliphatic heterocycles. The maximum Gasteiger partial charge on any atom is 0.290 e. The normalized spacial score (nSPS) is 12.6. The number of nitrogens with zero attached hydrogens (tertiary/aromatic N) is 3. The van der Waals surface area contributed by atoms with E-state index in [0.717, 1.165) is 4.68 Å². The highest BCUT2D eigenvalue weighted by molar-refractivity contribution is 5.80. The van der Waals surface area contributed by atoms with Crippen LogP contribution in [0.2, 0.25) is 0 Å². The minimum absolute atomic E-state index is 0.0151. The summed E-state index contributed by atoms with van der Waals surface area (Å²) in [5, 5.41) is 4.28. The van der Waals surface area contributed by atoms with Crippen molar-refractivity contribution < 1.29 is 9.21 Å². The van der Waals surface area contributed by atoms with Crippen molar-refractivity contribution in [2.24, 2.45) is 0 Å². The fourth-order valence-electron chi connectivity index (χ4n) is 2.76. The van der Waals surface area contributed by atoms with E-state index in [0.29, 0.717) is 11.5 Å². The number of nitrogens with two attached hydrogens (primary N) is 1. The van der Waals surface area contributed by atoms with Gasteiger partial charge >= 0.3 is 0 Å². The Hall–Kier alpha value is -2.57. The van der Waals surface area contributed by atoms with Crippen LogP contribution in [0.1, 0.15) is 40.7 Å². The highest BCUT2D eigenvalue weighted by Crippen LogP contribution is 2.20. The molecular weight excluding hydrogens is 308 g/mol. The monoisotopic (exact) mass is 332 g/mol. The number of aromatic nitrogens is 2. The largest absolute Gasteiger partial charge is 0.463 e. The van der Waals surface area contributed by atoms with Crippen molar-refractivity contribution >= 4 is 11.6 Å². The van der Waals surface area contributed by atoms with E-state index in [1.54, 1.807) is 24.0 Å². The molecule has 0 bridgehead atoms. The minimum atomic E-state index is -0.764. The van der Waals surface area contributed by atoms with E-state index in [9.17, 15) is 9.59 Å². The van der Waals surface area contributed by atoms with Crippen LogP contribution in [0.3, 0.4) is 0 Å². The van der Waals surface area contributed by atoms with Gasteiger partial charge in [0, 0.05) is 12.1 Å². The number of amides is 1. The summed E-state index contributed by atoms with van der Waals surface area (Å²) in [5.41, 5.74) is 5.77. The zero-order valence-corrected chi connectivity index (χ0v) is 14.7. The molecule has 1 amide bonds. The first-order chi connectivity index (χ1) is 11.2. The molecule has 2 aromatic heterocycles. The summed E-state index contributed by atoms with van der Waals surface area (Å²) < 4.78 is 6.44. The second-order valence-corrected chi connectivity index (χ2v) is 6.32. The average molecular weight is 332 g/mol. The molecule has 7 nitrogen and oxygen atoms in total. The summed E-state index contributed by atoms with van der Waals surface area (Å²) >= 11 is 0. The van der Waals surface area contributed by atoms with E-state index < -0.39 is 11.6 Å². The molecule has 2 N–H and O–H groups in total. The predicted octanol–water partition coefficient (Wildman–Crippen LogP) is 2.29. The lowest BCUT2D eigenvalue weighted by molar-refractivity contribution is -0.138. The number of nitrogen functional groups attached to an aromatic ring is 1. The van der Waals surface area contributed by atoms with Crippen molar-refractivity contribution in [1.29, 1.82) is 0 Å². The highest BCUT2D eigenvalue weighted by atomic mass is 16.3. The van der Waals surface area contributed by atoms with Gasteiger partial charge in [-0.3, -0.25) is 9.59 Å². The average Bonchev–Trinajstić information content (AvgIpc) is 3.02. The first-order valence-electron chi connectivity index (χ1n) is 7.99. The maximum atomic E-state index is 12.8.